The summed E-state index contributed by atoms with van der Waals surface area (Å²) in [5.41, 5.74) is 2.44. The molecule has 0 unspecified atom stereocenters. The van der Waals surface area contributed by atoms with Crippen LogP contribution in [0.2, 0.25) is 0 Å². The molecule has 330 valence electrons. The van der Waals surface area contributed by atoms with Crippen molar-refractivity contribution in [3.8, 4) is 11.5 Å². The van der Waals surface area contributed by atoms with Gasteiger partial charge < -0.3 is 34.2 Å². The zero-order chi connectivity index (χ0) is 42.5. The van der Waals surface area contributed by atoms with Crippen LogP contribution < -0.4 is 9.47 Å². The number of rotatable bonds is 23. The van der Waals surface area contributed by atoms with Gasteiger partial charge >= 0.3 is 0 Å². The van der Waals surface area contributed by atoms with Crippen LogP contribution >= 0.6 is 11.8 Å². The maximum atomic E-state index is 14.7. The third-order valence-corrected chi connectivity index (χ3v) is 13.8. The third-order valence-electron chi connectivity index (χ3n) is 12.8. The molecule has 0 saturated heterocycles. The van der Waals surface area contributed by atoms with E-state index in [-0.39, 0.29) is 49.4 Å². The van der Waals surface area contributed by atoms with Gasteiger partial charge in [0.25, 0.3) is 0 Å². The molecule has 60 heavy (non-hydrogen) atoms. The first kappa shape index (κ1) is 46.2. The maximum Gasteiger partial charge on any atom is 0.239 e. The highest BCUT2D eigenvalue weighted by atomic mass is 32.2. The molecular weight excluding hydrogens is 773 g/mol. The molecule has 0 bridgehead atoms. The molecule has 1 heterocycles. The van der Waals surface area contributed by atoms with Gasteiger partial charge in [0.2, 0.25) is 11.7 Å². The van der Waals surface area contributed by atoms with Gasteiger partial charge in [-0.15, -0.1) is 18.3 Å². The Labute approximate surface area is 364 Å². The number of carbonyl (C=O) groups excluding carboxylic acids is 1. The zero-order valence-corrected chi connectivity index (χ0v) is 37.6. The molecule has 9 nitrogen and oxygen atoms in total. The monoisotopic (exact) mass is 845 g/mol. The minimum atomic E-state index is -1.24. The van der Waals surface area contributed by atoms with Crippen LogP contribution in [0.4, 0.5) is 0 Å². The van der Waals surface area contributed by atoms with E-state index in [2.05, 4.69) is 54.8 Å². The van der Waals surface area contributed by atoms with Crippen molar-refractivity contribution in [2.24, 2.45) is 28.8 Å². The van der Waals surface area contributed by atoms with Gasteiger partial charge in [0.15, 0.2) is 0 Å². The Morgan fingerprint density at radius 2 is 1.78 bits per heavy atom. The van der Waals surface area contributed by atoms with Crippen LogP contribution in [-0.4, -0.2) is 82.9 Å². The topological polar surface area (TPSA) is 110 Å². The van der Waals surface area contributed by atoms with Crippen molar-refractivity contribution in [2.45, 2.75) is 146 Å². The minimum Gasteiger partial charge on any atom is -0.493 e. The van der Waals surface area contributed by atoms with Gasteiger partial charge in [-0.1, -0.05) is 81.0 Å². The van der Waals surface area contributed by atoms with E-state index in [1.807, 2.05) is 39.0 Å². The van der Waals surface area contributed by atoms with Gasteiger partial charge in [-0.2, -0.15) is 0 Å². The summed E-state index contributed by atoms with van der Waals surface area (Å²) in [7, 11) is 0. The predicted octanol–water partition coefficient (Wildman–Crippen LogP) is 10.5. The summed E-state index contributed by atoms with van der Waals surface area (Å²) < 4.78 is 21.1. The fraction of sp³-hybridized carbons (Fsp3) is 0.640. The molecule has 0 radical (unpaired) electrons. The number of fused-ring (bicyclic) bond motifs is 2. The number of carbonyl (C=O) groups is 1. The van der Waals surface area contributed by atoms with Crippen LogP contribution in [0, 0.1) is 23.7 Å². The van der Waals surface area contributed by atoms with Gasteiger partial charge in [-0.05, 0) is 113 Å². The average Bonchev–Trinajstić information content (AvgIpc) is 3.77. The fourth-order valence-electron chi connectivity index (χ4n) is 10.2. The van der Waals surface area contributed by atoms with Gasteiger partial charge in [0.05, 0.1) is 24.8 Å². The Morgan fingerprint density at radius 3 is 2.48 bits per heavy atom. The molecule has 6 atom stereocenters. The number of unbranched alkanes of at least 4 members (excludes halogenated alkanes) is 2. The van der Waals surface area contributed by atoms with Crippen LogP contribution in [0.25, 0.3) is 0 Å². The number of hydrogen-bond donors (Lipinski definition) is 2. The Kier molecular flexibility index (Phi) is 17.1. The maximum absolute atomic E-state index is 14.7. The van der Waals surface area contributed by atoms with E-state index in [1.54, 1.807) is 17.8 Å². The van der Waals surface area contributed by atoms with E-state index < -0.39 is 17.4 Å². The molecule has 3 aliphatic carbocycles. The largest absolute Gasteiger partial charge is 0.493 e. The molecule has 2 saturated carbocycles. The van der Waals surface area contributed by atoms with Crippen molar-refractivity contribution < 1.29 is 34.1 Å². The highest BCUT2D eigenvalue weighted by molar-refractivity contribution is 7.99. The average molecular weight is 845 g/mol. The van der Waals surface area contributed by atoms with E-state index >= 15 is 0 Å². The number of aliphatic hydroxyl groups is 2. The smallest absolute Gasteiger partial charge is 0.239 e. The Bertz CT molecular complexity index is 1740. The first-order valence-corrected chi connectivity index (χ1v) is 24.0. The minimum absolute atomic E-state index is 0.0849. The molecule has 6 rings (SSSR count). The normalized spacial score (nSPS) is 25.5. The second-order valence-electron chi connectivity index (χ2n) is 18.3. The summed E-state index contributed by atoms with van der Waals surface area (Å²) in [6.45, 7) is 13.9. The molecule has 0 aromatic heterocycles. The second-order valence-corrected chi connectivity index (χ2v) is 19.4. The summed E-state index contributed by atoms with van der Waals surface area (Å²) in [5.74, 6) is 1.75. The van der Waals surface area contributed by atoms with Crippen LogP contribution in [-0.2, 0) is 14.4 Å². The van der Waals surface area contributed by atoms with E-state index in [0.29, 0.717) is 38.3 Å². The van der Waals surface area contributed by atoms with Crippen molar-refractivity contribution in [1.82, 2.24) is 4.90 Å². The molecule has 2 fully saturated rings. The Balaban J connectivity index is 1.49. The van der Waals surface area contributed by atoms with E-state index in [0.717, 1.165) is 79.0 Å². The molecule has 10 heteroatoms. The second kappa shape index (κ2) is 22.2. The van der Waals surface area contributed by atoms with Gasteiger partial charge in [0, 0.05) is 54.7 Å². The lowest BCUT2D eigenvalue weighted by Gasteiger charge is -2.60. The molecule has 0 spiro atoms. The van der Waals surface area contributed by atoms with Gasteiger partial charge in [-0.3, -0.25) is 4.79 Å². The first-order chi connectivity index (χ1) is 29.1. The molecule has 1 amide bonds. The number of benzene rings is 2. The van der Waals surface area contributed by atoms with Crippen molar-refractivity contribution in [3.05, 3.63) is 78.4 Å². The quantitative estimate of drug-likeness (QED) is 0.0493. The van der Waals surface area contributed by atoms with Crippen LogP contribution in [0.3, 0.4) is 0 Å². The van der Waals surface area contributed by atoms with Crippen molar-refractivity contribution in [2.75, 3.05) is 38.7 Å². The number of ether oxygens (including phenoxy) is 3. The SMILES string of the molecule is C=CCO[C@@]12Oc3ccc(OCCSc4ccccc4)cc3[C@H]3[C@H](CCCCO)[C@@H](CCCCO)C=C(C(=NOC(C)(C)C)C[C@@H]1N(CCC)C(=O)CCC1CCCC1)[C@H]32. The number of oxime groups is 1. The Morgan fingerprint density at radius 1 is 1.03 bits per heavy atom. The molecule has 1 aliphatic heterocycles. The predicted molar refractivity (Wildman–Crippen MR) is 242 cm³/mol. The highest BCUT2D eigenvalue weighted by Crippen LogP contribution is 2.62. The summed E-state index contributed by atoms with van der Waals surface area (Å²) in [6.07, 6.45) is 16.7. The number of amides is 1. The van der Waals surface area contributed by atoms with E-state index in [1.165, 1.54) is 30.6 Å². The van der Waals surface area contributed by atoms with Crippen molar-refractivity contribution in [3.63, 3.8) is 0 Å². The molecule has 2 aromatic rings. The molecule has 2 N–H and O–H groups in total. The number of nitrogens with zero attached hydrogens (tertiary/aromatic N) is 2. The highest BCUT2D eigenvalue weighted by Gasteiger charge is 2.65. The third kappa shape index (κ3) is 11.4. The zero-order valence-electron chi connectivity index (χ0n) is 36.8. The Hall–Kier alpha value is -3.31. The summed E-state index contributed by atoms with van der Waals surface area (Å²) >= 11 is 1.77. The molecular formula is C50H72N2O7S. The summed E-state index contributed by atoms with van der Waals surface area (Å²) in [6, 6.07) is 16.1. The van der Waals surface area contributed by atoms with E-state index in [4.69, 9.17) is 24.2 Å². The molecule has 4 aliphatic rings. The number of hydrogen-bond acceptors (Lipinski definition) is 9. The standard InChI is InChI=1S/C50H72N2O7S/c1-6-27-52(46(55)26-23-36-17-11-12-18-36)45-35-43(51-59-49(3,4)5)41-33-37(19-13-15-28-53)40(22-14-16-29-54)47-42-34-38(56-31-32-60-39-20-9-8-10-21-39)24-25-44(42)58-50(45,48(41)47)57-30-7-2/h7-10,20-21,24-25,33-34,36-37,40,45,47-48,53-54H,2,6,11-19,22-23,26-32,35H2,1,3-5H3/t37-,40+,45-,47+,48+,50+/m0/s1. The number of aliphatic hydroxyl groups excluding tert-OH is 2. The van der Waals surface area contributed by atoms with Crippen molar-refractivity contribution >= 4 is 23.4 Å². The lowest BCUT2D eigenvalue weighted by Crippen LogP contribution is -2.70. The van der Waals surface area contributed by atoms with Gasteiger partial charge in [-0.25, -0.2) is 0 Å². The van der Waals surface area contributed by atoms with Crippen LogP contribution in [0.15, 0.2) is 82.9 Å². The summed E-state index contributed by atoms with van der Waals surface area (Å²) in [5, 5.41) is 24.9. The van der Waals surface area contributed by atoms with Crippen molar-refractivity contribution in [1.29, 1.82) is 0 Å². The number of thioether (sulfide) groups is 1. The first-order valence-electron chi connectivity index (χ1n) is 23.0. The van der Waals surface area contributed by atoms with E-state index in [9.17, 15) is 15.0 Å². The van der Waals surface area contributed by atoms with Gasteiger partial charge in [0.1, 0.15) is 23.1 Å². The lowest BCUT2D eigenvalue weighted by molar-refractivity contribution is -0.257. The fourth-order valence-corrected chi connectivity index (χ4v) is 11.0. The summed E-state index contributed by atoms with van der Waals surface area (Å²) in [4.78, 5) is 24.3. The van der Waals surface area contributed by atoms with Crippen LogP contribution in [0.5, 0.6) is 11.5 Å². The van der Waals surface area contributed by atoms with Crippen LogP contribution in [0.1, 0.15) is 129 Å². The molecule has 2 aromatic carbocycles. The number of allylic oxidation sites excluding steroid dienone is 1. The lowest BCUT2D eigenvalue weighted by atomic mass is 9.55.